The summed E-state index contributed by atoms with van der Waals surface area (Å²) in [6.45, 7) is 2.46. The Labute approximate surface area is 168 Å². The molecule has 0 spiro atoms. The van der Waals surface area contributed by atoms with Gasteiger partial charge < -0.3 is 15.4 Å². The molecule has 3 rings (SSSR count). The molecule has 0 atom stereocenters. The van der Waals surface area contributed by atoms with Gasteiger partial charge in [0.1, 0.15) is 5.75 Å². The first-order chi connectivity index (χ1) is 13.5. The van der Waals surface area contributed by atoms with Crippen molar-refractivity contribution < 1.29 is 9.53 Å². The van der Waals surface area contributed by atoms with E-state index in [1.165, 1.54) is 12.4 Å². The quantitative estimate of drug-likeness (QED) is 0.627. The van der Waals surface area contributed by atoms with Crippen LogP contribution in [0.25, 0.3) is 0 Å². The van der Waals surface area contributed by atoms with E-state index >= 15 is 0 Å². The highest BCUT2D eigenvalue weighted by atomic mass is 35.5. The molecule has 144 valence electrons. The molecule has 28 heavy (non-hydrogen) atoms. The van der Waals surface area contributed by atoms with Crippen molar-refractivity contribution in [3.05, 3.63) is 76.6 Å². The summed E-state index contributed by atoms with van der Waals surface area (Å²) in [6.07, 6.45) is 3.71. The van der Waals surface area contributed by atoms with Gasteiger partial charge >= 0.3 is 0 Å². The molecular weight excluding hydrogens is 376 g/mol. The van der Waals surface area contributed by atoms with Crippen molar-refractivity contribution in [1.82, 2.24) is 15.3 Å². The van der Waals surface area contributed by atoms with Gasteiger partial charge in [0.25, 0.3) is 5.91 Å². The Bertz CT molecular complexity index is 944. The summed E-state index contributed by atoms with van der Waals surface area (Å²) < 4.78 is 5.13. The minimum atomic E-state index is -0.210. The van der Waals surface area contributed by atoms with Crippen LogP contribution in [-0.2, 0) is 6.42 Å². The molecule has 7 heteroatoms. The number of amides is 1. The lowest BCUT2D eigenvalue weighted by molar-refractivity contribution is 0.0953. The Kier molecular flexibility index (Phi) is 6.45. The molecule has 2 N–H and O–H groups in total. The number of methoxy groups -OCH3 is 1. The van der Waals surface area contributed by atoms with E-state index in [1.807, 2.05) is 43.3 Å². The summed E-state index contributed by atoms with van der Waals surface area (Å²) in [5.41, 5.74) is 3.30. The van der Waals surface area contributed by atoms with Gasteiger partial charge in [-0.15, -0.1) is 0 Å². The molecule has 0 fully saturated rings. The number of rotatable bonds is 7. The SMILES string of the molecule is COc1ccc(CCNC(=O)c2cnc(Nc3ccc(C)c(Cl)c3)nc2)cc1. The maximum Gasteiger partial charge on any atom is 0.254 e. The standard InChI is InChI=1S/C21H21ClN4O2/c1-14-3-6-17(11-19(14)22)26-21-24-12-16(13-25-21)20(27)23-10-9-15-4-7-18(28-2)8-5-15/h3-8,11-13H,9-10H2,1-2H3,(H,23,27)(H,24,25,26). The van der Waals surface area contributed by atoms with Gasteiger partial charge in [-0.3, -0.25) is 4.79 Å². The van der Waals surface area contributed by atoms with E-state index in [-0.39, 0.29) is 5.91 Å². The number of halogens is 1. The molecule has 0 aliphatic heterocycles. The van der Waals surface area contributed by atoms with Crippen LogP contribution in [0.1, 0.15) is 21.5 Å². The molecule has 1 heterocycles. The lowest BCUT2D eigenvalue weighted by Crippen LogP contribution is -2.26. The molecule has 6 nitrogen and oxygen atoms in total. The predicted octanol–water partition coefficient (Wildman–Crippen LogP) is 4.16. The third kappa shape index (κ3) is 5.20. The average molecular weight is 397 g/mol. The third-order valence-corrected chi connectivity index (χ3v) is 4.61. The van der Waals surface area contributed by atoms with Gasteiger partial charge in [-0.05, 0) is 48.7 Å². The summed E-state index contributed by atoms with van der Waals surface area (Å²) in [5.74, 6) is 1.000. The maximum atomic E-state index is 12.2. The number of ether oxygens (including phenoxy) is 1. The van der Waals surface area contributed by atoms with Crippen LogP contribution in [0, 0.1) is 6.92 Å². The van der Waals surface area contributed by atoms with Gasteiger partial charge in [0.15, 0.2) is 0 Å². The minimum Gasteiger partial charge on any atom is -0.497 e. The van der Waals surface area contributed by atoms with Crippen molar-refractivity contribution in [3.8, 4) is 5.75 Å². The summed E-state index contributed by atoms with van der Waals surface area (Å²) >= 11 is 6.11. The molecule has 0 aliphatic rings. The molecule has 0 saturated carbocycles. The number of hydrogen-bond acceptors (Lipinski definition) is 5. The van der Waals surface area contributed by atoms with E-state index in [2.05, 4.69) is 20.6 Å². The largest absolute Gasteiger partial charge is 0.497 e. The molecule has 1 aromatic heterocycles. The molecule has 0 radical (unpaired) electrons. The number of aromatic nitrogens is 2. The molecule has 0 saturated heterocycles. The number of carbonyl (C=O) groups excluding carboxylic acids is 1. The Hall–Kier alpha value is -3.12. The number of anilines is 2. The minimum absolute atomic E-state index is 0.210. The molecule has 0 aliphatic carbocycles. The highest BCUT2D eigenvalue weighted by Crippen LogP contribution is 2.21. The van der Waals surface area contributed by atoms with Crippen molar-refractivity contribution in [2.45, 2.75) is 13.3 Å². The topological polar surface area (TPSA) is 76.1 Å². The van der Waals surface area contributed by atoms with Gasteiger partial charge in [0.2, 0.25) is 5.95 Å². The van der Waals surface area contributed by atoms with Crippen LogP contribution in [0.15, 0.2) is 54.9 Å². The second-order valence-electron chi connectivity index (χ2n) is 6.24. The highest BCUT2D eigenvalue weighted by molar-refractivity contribution is 6.31. The summed E-state index contributed by atoms with van der Waals surface area (Å²) in [7, 11) is 1.63. The number of hydrogen-bond donors (Lipinski definition) is 2. The van der Waals surface area contributed by atoms with Crippen LogP contribution in [0.3, 0.4) is 0 Å². The lowest BCUT2D eigenvalue weighted by atomic mass is 10.1. The fraction of sp³-hybridized carbons (Fsp3) is 0.190. The number of nitrogens with one attached hydrogen (secondary N) is 2. The van der Waals surface area contributed by atoms with E-state index in [1.54, 1.807) is 13.2 Å². The number of nitrogens with zero attached hydrogens (tertiary/aromatic N) is 2. The van der Waals surface area contributed by atoms with Crippen molar-refractivity contribution in [3.63, 3.8) is 0 Å². The van der Waals surface area contributed by atoms with E-state index in [4.69, 9.17) is 16.3 Å². The van der Waals surface area contributed by atoms with E-state index < -0.39 is 0 Å². The van der Waals surface area contributed by atoms with Crippen molar-refractivity contribution >= 4 is 29.1 Å². The van der Waals surface area contributed by atoms with Crippen LogP contribution < -0.4 is 15.4 Å². The summed E-state index contributed by atoms with van der Waals surface area (Å²) in [5, 5.41) is 6.60. The van der Waals surface area contributed by atoms with Crippen molar-refractivity contribution in [1.29, 1.82) is 0 Å². The average Bonchev–Trinajstić information content (AvgIpc) is 2.72. The van der Waals surface area contributed by atoms with Gasteiger partial charge in [-0.25, -0.2) is 9.97 Å². The Balaban J connectivity index is 1.52. The first kappa shape index (κ1) is 19.6. The second-order valence-corrected chi connectivity index (χ2v) is 6.65. The first-order valence-corrected chi connectivity index (χ1v) is 9.19. The number of benzene rings is 2. The molecule has 0 unspecified atom stereocenters. The van der Waals surface area contributed by atoms with E-state index in [0.29, 0.717) is 23.1 Å². The van der Waals surface area contributed by atoms with E-state index in [0.717, 1.165) is 29.0 Å². The number of aryl methyl sites for hydroxylation is 1. The normalized spacial score (nSPS) is 10.4. The van der Waals surface area contributed by atoms with Gasteiger partial charge in [-0.1, -0.05) is 29.8 Å². The predicted molar refractivity (Wildman–Crippen MR) is 111 cm³/mol. The smallest absolute Gasteiger partial charge is 0.254 e. The van der Waals surface area contributed by atoms with Crippen LogP contribution in [0.2, 0.25) is 5.02 Å². The van der Waals surface area contributed by atoms with Crippen LogP contribution in [-0.4, -0.2) is 29.5 Å². The zero-order chi connectivity index (χ0) is 19.9. The molecule has 1 amide bonds. The molecular formula is C21H21ClN4O2. The van der Waals surface area contributed by atoms with Gasteiger partial charge in [0.05, 0.1) is 12.7 Å². The maximum absolute atomic E-state index is 12.2. The Morgan fingerprint density at radius 3 is 2.46 bits per heavy atom. The van der Waals surface area contributed by atoms with Crippen molar-refractivity contribution in [2.24, 2.45) is 0 Å². The van der Waals surface area contributed by atoms with Crippen LogP contribution in [0.4, 0.5) is 11.6 Å². The van der Waals surface area contributed by atoms with E-state index in [9.17, 15) is 4.79 Å². The Morgan fingerprint density at radius 1 is 1.11 bits per heavy atom. The van der Waals surface area contributed by atoms with Gasteiger partial charge in [0, 0.05) is 29.6 Å². The second kappa shape index (κ2) is 9.19. The first-order valence-electron chi connectivity index (χ1n) is 8.81. The summed E-state index contributed by atoms with van der Waals surface area (Å²) in [4.78, 5) is 20.6. The molecule has 3 aromatic rings. The third-order valence-electron chi connectivity index (χ3n) is 4.20. The summed E-state index contributed by atoms with van der Waals surface area (Å²) in [6, 6.07) is 13.4. The Morgan fingerprint density at radius 2 is 1.82 bits per heavy atom. The molecule has 2 aromatic carbocycles. The van der Waals surface area contributed by atoms with Crippen LogP contribution >= 0.6 is 11.6 Å². The van der Waals surface area contributed by atoms with Crippen molar-refractivity contribution in [2.75, 3.05) is 19.0 Å². The fourth-order valence-corrected chi connectivity index (χ4v) is 2.70. The highest BCUT2D eigenvalue weighted by Gasteiger charge is 2.07. The molecule has 0 bridgehead atoms. The lowest BCUT2D eigenvalue weighted by Gasteiger charge is -2.08. The zero-order valence-corrected chi connectivity index (χ0v) is 16.5. The zero-order valence-electron chi connectivity index (χ0n) is 15.7. The fourth-order valence-electron chi connectivity index (χ4n) is 2.52. The van der Waals surface area contributed by atoms with Crippen LogP contribution in [0.5, 0.6) is 5.75 Å². The van der Waals surface area contributed by atoms with Gasteiger partial charge in [-0.2, -0.15) is 0 Å². The monoisotopic (exact) mass is 396 g/mol. The number of carbonyl (C=O) groups is 1.